The number of phenols is 1. The van der Waals surface area contributed by atoms with E-state index in [1.807, 2.05) is 48.5 Å². The molecule has 0 atom stereocenters. The molecule has 0 saturated heterocycles. The summed E-state index contributed by atoms with van der Waals surface area (Å²) in [6, 6.07) is 26.9. The van der Waals surface area contributed by atoms with Crippen molar-refractivity contribution in [2.45, 2.75) is 0 Å². The van der Waals surface area contributed by atoms with Gasteiger partial charge in [-0.15, -0.1) is 0 Å². The van der Waals surface area contributed by atoms with Crippen LogP contribution in [0.5, 0.6) is 5.75 Å². The van der Waals surface area contributed by atoms with Crippen LogP contribution in [0.4, 0.5) is 11.4 Å². The van der Waals surface area contributed by atoms with Crippen molar-refractivity contribution in [3.63, 3.8) is 0 Å². The number of phenolic OH excluding ortho intramolecular Hbond substituents is 1. The molecule has 5 heteroatoms. The number of fused-ring (bicyclic) bond motifs is 2. The van der Waals surface area contributed by atoms with Crippen LogP contribution in [0, 0.1) is 0 Å². The Morgan fingerprint density at radius 3 is 2.25 bits per heavy atom. The number of nitrogens with one attached hydrogen (secondary N) is 1. The molecule has 0 fully saturated rings. The van der Waals surface area contributed by atoms with Gasteiger partial charge in [-0.2, -0.15) is 10.2 Å². The molecule has 1 heterocycles. The van der Waals surface area contributed by atoms with Gasteiger partial charge in [0.25, 0.3) is 0 Å². The van der Waals surface area contributed by atoms with Crippen molar-refractivity contribution < 1.29 is 5.11 Å². The Bertz CT molecular complexity index is 1270. The molecule has 0 bridgehead atoms. The van der Waals surface area contributed by atoms with E-state index in [1.54, 1.807) is 18.2 Å². The van der Waals surface area contributed by atoms with Crippen molar-refractivity contribution in [2.24, 2.45) is 10.2 Å². The number of hydrogen-bond donors (Lipinski definition) is 2. The molecule has 0 aliphatic rings. The largest absolute Gasteiger partial charge is 0.507 e. The average molecular weight is 364 g/mol. The maximum Gasteiger partial charge on any atom is 0.142 e. The molecule has 5 nitrogen and oxygen atoms in total. The second-order valence-electron chi connectivity index (χ2n) is 6.54. The number of rotatable bonds is 3. The summed E-state index contributed by atoms with van der Waals surface area (Å²) in [5.41, 5.74) is 3.77. The minimum absolute atomic E-state index is 0.141. The fourth-order valence-corrected chi connectivity index (χ4v) is 3.21. The molecule has 4 aromatic carbocycles. The summed E-state index contributed by atoms with van der Waals surface area (Å²) in [5, 5.41) is 21.1. The molecule has 2 N–H and O–H groups in total. The Morgan fingerprint density at radius 2 is 1.43 bits per heavy atom. The van der Waals surface area contributed by atoms with E-state index in [-0.39, 0.29) is 5.75 Å². The number of aromatic nitrogens is 2. The molecular formula is C23H16N4O. The van der Waals surface area contributed by atoms with Crippen molar-refractivity contribution in [1.29, 1.82) is 0 Å². The van der Waals surface area contributed by atoms with Gasteiger partial charge >= 0.3 is 0 Å². The Hall–Kier alpha value is -3.99. The van der Waals surface area contributed by atoms with Gasteiger partial charge in [-0.1, -0.05) is 42.5 Å². The molecule has 0 aliphatic carbocycles. The summed E-state index contributed by atoms with van der Waals surface area (Å²) in [6.45, 7) is 0. The van der Waals surface area contributed by atoms with E-state index in [0.717, 1.165) is 27.5 Å². The standard InChI is InChI=1S/C23H16N4O/c28-22-11-10-18(27-26-17-8-2-1-3-9-17)14-19(22)23-24-20-12-15-6-4-5-7-16(15)13-21(20)25-23/h1-14,28H,(H,24,25). The van der Waals surface area contributed by atoms with E-state index >= 15 is 0 Å². The van der Waals surface area contributed by atoms with Crippen LogP contribution in [0.15, 0.2) is 95.2 Å². The van der Waals surface area contributed by atoms with Crippen LogP contribution in [0.25, 0.3) is 33.2 Å². The molecule has 28 heavy (non-hydrogen) atoms. The molecule has 0 saturated carbocycles. The molecular weight excluding hydrogens is 348 g/mol. The van der Waals surface area contributed by atoms with Crippen molar-refractivity contribution in [3.05, 3.63) is 84.9 Å². The van der Waals surface area contributed by atoms with E-state index in [2.05, 4.69) is 38.4 Å². The third-order valence-corrected chi connectivity index (χ3v) is 4.62. The lowest BCUT2D eigenvalue weighted by Crippen LogP contribution is -1.81. The van der Waals surface area contributed by atoms with Crippen LogP contribution in [-0.4, -0.2) is 15.1 Å². The van der Waals surface area contributed by atoms with E-state index < -0.39 is 0 Å². The summed E-state index contributed by atoms with van der Waals surface area (Å²) >= 11 is 0. The van der Waals surface area contributed by atoms with Crippen LogP contribution < -0.4 is 0 Å². The smallest absolute Gasteiger partial charge is 0.142 e. The maximum atomic E-state index is 10.4. The van der Waals surface area contributed by atoms with Crippen LogP contribution >= 0.6 is 0 Å². The zero-order valence-corrected chi connectivity index (χ0v) is 14.9. The first kappa shape index (κ1) is 16.2. The first-order valence-corrected chi connectivity index (χ1v) is 8.95. The molecule has 0 amide bonds. The van der Waals surface area contributed by atoms with E-state index in [9.17, 15) is 5.11 Å². The van der Waals surface area contributed by atoms with Gasteiger partial charge in [-0.25, -0.2) is 4.98 Å². The van der Waals surface area contributed by atoms with Crippen LogP contribution in [0.1, 0.15) is 0 Å². The van der Waals surface area contributed by atoms with Crippen LogP contribution in [0.2, 0.25) is 0 Å². The van der Waals surface area contributed by atoms with E-state index in [1.165, 1.54) is 0 Å². The lowest BCUT2D eigenvalue weighted by molar-refractivity contribution is 0.477. The molecule has 134 valence electrons. The quantitative estimate of drug-likeness (QED) is 0.358. The second-order valence-corrected chi connectivity index (χ2v) is 6.54. The summed E-state index contributed by atoms with van der Waals surface area (Å²) in [4.78, 5) is 7.97. The topological polar surface area (TPSA) is 73.6 Å². The Labute approximate surface area is 161 Å². The van der Waals surface area contributed by atoms with Crippen molar-refractivity contribution in [3.8, 4) is 17.1 Å². The fraction of sp³-hybridized carbons (Fsp3) is 0. The zero-order chi connectivity index (χ0) is 18.9. The van der Waals surface area contributed by atoms with Crippen molar-refractivity contribution in [1.82, 2.24) is 9.97 Å². The molecule has 1 aromatic heterocycles. The number of H-pyrrole nitrogens is 1. The number of aromatic hydroxyl groups is 1. The number of nitrogens with zero attached hydrogens (tertiary/aromatic N) is 3. The third-order valence-electron chi connectivity index (χ3n) is 4.62. The van der Waals surface area contributed by atoms with E-state index in [4.69, 9.17) is 0 Å². The summed E-state index contributed by atoms with van der Waals surface area (Å²) < 4.78 is 0. The van der Waals surface area contributed by atoms with Gasteiger partial charge in [-0.05, 0) is 53.2 Å². The summed E-state index contributed by atoms with van der Waals surface area (Å²) in [7, 11) is 0. The minimum Gasteiger partial charge on any atom is -0.507 e. The van der Waals surface area contributed by atoms with Crippen molar-refractivity contribution in [2.75, 3.05) is 0 Å². The Morgan fingerprint density at radius 1 is 0.714 bits per heavy atom. The van der Waals surface area contributed by atoms with Gasteiger partial charge in [0.15, 0.2) is 0 Å². The summed E-state index contributed by atoms with van der Waals surface area (Å²) in [6.07, 6.45) is 0. The number of azo groups is 1. The number of hydrogen-bond acceptors (Lipinski definition) is 4. The number of imidazole rings is 1. The van der Waals surface area contributed by atoms with Crippen molar-refractivity contribution >= 4 is 33.2 Å². The highest BCUT2D eigenvalue weighted by molar-refractivity contribution is 5.96. The summed E-state index contributed by atoms with van der Waals surface area (Å²) in [5.74, 6) is 0.738. The van der Waals surface area contributed by atoms with Crippen LogP contribution in [-0.2, 0) is 0 Å². The normalized spacial score (nSPS) is 11.6. The zero-order valence-electron chi connectivity index (χ0n) is 14.9. The fourth-order valence-electron chi connectivity index (χ4n) is 3.21. The highest BCUT2D eigenvalue weighted by atomic mass is 16.3. The number of aromatic amines is 1. The van der Waals surface area contributed by atoms with E-state index in [0.29, 0.717) is 17.1 Å². The van der Waals surface area contributed by atoms with Gasteiger partial charge in [0, 0.05) is 0 Å². The maximum absolute atomic E-state index is 10.4. The first-order valence-electron chi connectivity index (χ1n) is 8.95. The lowest BCUT2D eigenvalue weighted by atomic mass is 10.1. The van der Waals surface area contributed by atoms with Crippen LogP contribution in [0.3, 0.4) is 0 Å². The number of benzene rings is 4. The molecule has 0 radical (unpaired) electrons. The lowest BCUT2D eigenvalue weighted by Gasteiger charge is -2.02. The molecule has 0 unspecified atom stereocenters. The predicted octanol–water partition coefficient (Wildman–Crippen LogP) is 6.50. The monoisotopic (exact) mass is 364 g/mol. The minimum atomic E-state index is 0.141. The predicted molar refractivity (Wildman–Crippen MR) is 111 cm³/mol. The Kier molecular flexibility index (Phi) is 3.84. The Balaban J connectivity index is 1.56. The first-order chi connectivity index (χ1) is 13.8. The van der Waals surface area contributed by atoms with Gasteiger partial charge in [-0.3, -0.25) is 0 Å². The van der Waals surface area contributed by atoms with Gasteiger partial charge in [0.05, 0.1) is 28.0 Å². The average Bonchev–Trinajstić information content (AvgIpc) is 3.14. The van der Waals surface area contributed by atoms with Gasteiger partial charge in [0.1, 0.15) is 11.6 Å². The van der Waals surface area contributed by atoms with Gasteiger partial charge < -0.3 is 10.1 Å². The molecule has 5 rings (SSSR count). The second kappa shape index (κ2) is 6.63. The highest BCUT2D eigenvalue weighted by Crippen LogP contribution is 2.33. The van der Waals surface area contributed by atoms with Gasteiger partial charge in [0.2, 0.25) is 0 Å². The molecule has 0 spiro atoms. The molecule has 5 aromatic rings. The highest BCUT2D eigenvalue weighted by Gasteiger charge is 2.11. The SMILES string of the molecule is Oc1ccc(N=Nc2ccccc2)cc1-c1nc2cc3ccccc3cc2[nH]1. The molecule has 0 aliphatic heterocycles. The third kappa shape index (κ3) is 2.99.